The minimum absolute atomic E-state index is 0.350. The van der Waals surface area contributed by atoms with Gasteiger partial charge in [-0.05, 0) is 6.42 Å². The molecule has 2 nitrogen and oxygen atoms in total. The molecule has 0 radical (unpaired) electrons. The van der Waals surface area contributed by atoms with Crippen LogP contribution in [0.1, 0.15) is 13.3 Å². The maximum Gasteiger partial charge on any atom is 0.272 e. The Morgan fingerprint density at radius 1 is 1.50 bits per heavy atom. The van der Waals surface area contributed by atoms with Crippen LogP contribution in [-0.4, -0.2) is 16.2 Å². The molecule has 1 N–H and O–H groups in total. The summed E-state index contributed by atoms with van der Waals surface area (Å²) in [5.74, 6) is -0.623. The quantitative estimate of drug-likeness (QED) is 0.586. The van der Waals surface area contributed by atoms with E-state index in [1.807, 2.05) is 6.92 Å². The first-order valence-electron chi connectivity index (χ1n) is 3.39. The van der Waals surface area contributed by atoms with Crippen LogP contribution in [0, 0.1) is 0 Å². The van der Waals surface area contributed by atoms with Crippen molar-refractivity contribution in [2.75, 3.05) is 6.54 Å². The van der Waals surface area contributed by atoms with E-state index in [-0.39, 0.29) is 0 Å². The summed E-state index contributed by atoms with van der Waals surface area (Å²) in [6.45, 7) is 5.97. The molecule has 0 aliphatic heterocycles. The monoisotopic (exact) mass is 229 g/mol. The molecule has 5 heteroatoms. The number of alkyl halides is 3. The topological polar surface area (TPSA) is 29.1 Å². The second kappa shape index (κ2) is 4.95. The lowest BCUT2D eigenvalue weighted by Gasteiger charge is -2.11. The smallest absolute Gasteiger partial charge is 0.272 e. The van der Waals surface area contributed by atoms with Crippen LogP contribution in [0.2, 0.25) is 0 Å². The molecule has 1 amide bonds. The number of halogens is 3. The Labute approximate surface area is 86.9 Å². The Morgan fingerprint density at radius 2 is 2.00 bits per heavy atom. The van der Waals surface area contributed by atoms with E-state index in [1.165, 1.54) is 0 Å². The highest BCUT2D eigenvalue weighted by Crippen LogP contribution is 2.25. The minimum atomic E-state index is -1.88. The number of amides is 1. The van der Waals surface area contributed by atoms with Crippen LogP contribution < -0.4 is 5.32 Å². The maximum atomic E-state index is 10.9. The summed E-state index contributed by atoms with van der Waals surface area (Å²) in [5, 5.41) is 2.44. The van der Waals surface area contributed by atoms with Crippen molar-refractivity contribution in [3.8, 4) is 0 Å². The Kier molecular flexibility index (Phi) is 4.98. The minimum Gasteiger partial charge on any atom is -0.349 e. The summed E-state index contributed by atoms with van der Waals surface area (Å²) >= 11 is 15.9. The van der Waals surface area contributed by atoms with E-state index in [4.69, 9.17) is 34.8 Å². The fourth-order valence-corrected chi connectivity index (χ4v) is 0.631. The van der Waals surface area contributed by atoms with Gasteiger partial charge in [-0.3, -0.25) is 4.79 Å². The molecule has 0 aliphatic carbocycles. The molecule has 0 unspecified atom stereocenters. The van der Waals surface area contributed by atoms with Gasteiger partial charge in [0.15, 0.2) is 0 Å². The Hall–Kier alpha value is 0.0800. The molecule has 0 aromatic heterocycles. The fourth-order valence-electron chi connectivity index (χ4n) is 0.431. The molecule has 0 aromatic rings. The highest BCUT2D eigenvalue weighted by atomic mass is 35.6. The molecule has 12 heavy (non-hydrogen) atoms. The van der Waals surface area contributed by atoms with Gasteiger partial charge < -0.3 is 5.32 Å². The Morgan fingerprint density at radius 3 is 2.33 bits per heavy atom. The molecule has 0 aliphatic rings. The summed E-state index contributed by atoms with van der Waals surface area (Å²) in [5.41, 5.74) is 0.887. The lowest BCUT2D eigenvalue weighted by Crippen LogP contribution is -2.35. The van der Waals surface area contributed by atoms with Crippen molar-refractivity contribution < 1.29 is 4.79 Å². The molecular formula is C7H10Cl3NO. The van der Waals surface area contributed by atoms with E-state index < -0.39 is 9.70 Å². The van der Waals surface area contributed by atoms with Crippen molar-refractivity contribution in [2.24, 2.45) is 0 Å². The first-order valence-corrected chi connectivity index (χ1v) is 4.53. The zero-order chi connectivity index (χ0) is 9.78. The number of hydrogen-bond acceptors (Lipinski definition) is 1. The normalized spacial score (nSPS) is 11.0. The van der Waals surface area contributed by atoms with Crippen LogP contribution in [-0.2, 0) is 4.79 Å². The number of carbonyl (C=O) groups is 1. The van der Waals surface area contributed by atoms with Gasteiger partial charge in [0.05, 0.1) is 0 Å². The summed E-state index contributed by atoms with van der Waals surface area (Å²) in [4.78, 5) is 10.9. The second-order valence-electron chi connectivity index (χ2n) is 2.28. The lowest BCUT2D eigenvalue weighted by atomic mass is 10.2. The molecule has 0 saturated carbocycles. The van der Waals surface area contributed by atoms with Crippen molar-refractivity contribution in [1.82, 2.24) is 5.32 Å². The largest absolute Gasteiger partial charge is 0.349 e. The summed E-state index contributed by atoms with van der Waals surface area (Å²) < 4.78 is -1.88. The van der Waals surface area contributed by atoms with Gasteiger partial charge in [0.2, 0.25) is 0 Å². The Balaban J connectivity index is 3.81. The SMILES string of the molecule is C=C(CC)CNC(=O)C(Cl)(Cl)Cl. The third-order valence-corrected chi connectivity index (χ3v) is 1.77. The number of rotatable bonds is 3. The molecule has 70 valence electrons. The van der Waals surface area contributed by atoms with Crippen LogP contribution in [0.5, 0.6) is 0 Å². The van der Waals surface area contributed by atoms with Crippen molar-refractivity contribution in [3.63, 3.8) is 0 Å². The molecule has 0 fully saturated rings. The van der Waals surface area contributed by atoms with Gasteiger partial charge in [0.25, 0.3) is 9.70 Å². The fraction of sp³-hybridized carbons (Fsp3) is 0.571. The van der Waals surface area contributed by atoms with Crippen LogP contribution in [0.4, 0.5) is 0 Å². The standard InChI is InChI=1S/C7H10Cl3NO/c1-3-5(2)4-11-6(12)7(8,9)10/h2-4H2,1H3,(H,11,12). The number of carbonyl (C=O) groups excluding carboxylic acids is 1. The van der Waals surface area contributed by atoms with Crippen LogP contribution in [0.15, 0.2) is 12.2 Å². The molecule has 0 aromatic carbocycles. The average Bonchev–Trinajstić information content (AvgIpc) is 1.97. The van der Waals surface area contributed by atoms with E-state index in [1.54, 1.807) is 0 Å². The summed E-state index contributed by atoms with van der Waals surface area (Å²) in [6.07, 6.45) is 0.792. The van der Waals surface area contributed by atoms with Gasteiger partial charge in [-0.25, -0.2) is 0 Å². The van der Waals surface area contributed by atoms with Gasteiger partial charge in [0, 0.05) is 6.54 Å². The van der Waals surface area contributed by atoms with E-state index in [9.17, 15) is 4.79 Å². The lowest BCUT2D eigenvalue weighted by molar-refractivity contribution is -0.120. The van der Waals surface area contributed by atoms with Gasteiger partial charge in [-0.2, -0.15) is 0 Å². The van der Waals surface area contributed by atoms with Crippen LogP contribution in [0.25, 0.3) is 0 Å². The molecule has 0 spiro atoms. The van der Waals surface area contributed by atoms with Crippen molar-refractivity contribution in [3.05, 3.63) is 12.2 Å². The third-order valence-electron chi connectivity index (χ3n) is 1.26. The highest BCUT2D eigenvalue weighted by Gasteiger charge is 2.29. The van der Waals surface area contributed by atoms with Gasteiger partial charge >= 0.3 is 0 Å². The van der Waals surface area contributed by atoms with Crippen molar-refractivity contribution in [2.45, 2.75) is 17.1 Å². The molecule has 0 saturated heterocycles. The zero-order valence-corrected chi connectivity index (χ0v) is 8.93. The van der Waals surface area contributed by atoms with E-state index in [0.29, 0.717) is 6.54 Å². The molecular weight excluding hydrogens is 220 g/mol. The van der Waals surface area contributed by atoms with Gasteiger partial charge in [0.1, 0.15) is 0 Å². The number of nitrogens with one attached hydrogen (secondary N) is 1. The first-order chi connectivity index (χ1) is 5.38. The second-order valence-corrected chi connectivity index (χ2v) is 4.57. The number of hydrogen-bond donors (Lipinski definition) is 1. The predicted octanol–water partition coefficient (Wildman–Crippen LogP) is 2.44. The molecule has 0 atom stereocenters. The van der Waals surface area contributed by atoms with E-state index >= 15 is 0 Å². The molecule has 0 rings (SSSR count). The van der Waals surface area contributed by atoms with Crippen molar-refractivity contribution in [1.29, 1.82) is 0 Å². The van der Waals surface area contributed by atoms with Gasteiger partial charge in [-0.1, -0.05) is 53.9 Å². The average molecular weight is 231 g/mol. The maximum absolute atomic E-state index is 10.9. The first kappa shape index (κ1) is 12.1. The Bertz CT molecular complexity index is 186. The highest BCUT2D eigenvalue weighted by molar-refractivity contribution is 6.76. The van der Waals surface area contributed by atoms with Crippen LogP contribution in [0.3, 0.4) is 0 Å². The predicted molar refractivity (Wildman–Crippen MR) is 52.7 cm³/mol. The zero-order valence-electron chi connectivity index (χ0n) is 6.66. The third kappa shape index (κ3) is 4.86. The summed E-state index contributed by atoms with van der Waals surface area (Å²) in [7, 11) is 0. The van der Waals surface area contributed by atoms with E-state index in [2.05, 4.69) is 11.9 Å². The summed E-state index contributed by atoms with van der Waals surface area (Å²) in [6, 6.07) is 0. The van der Waals surface area contributed by atoms with Crippen LogP contribution >= 0.6 is 34.8 Å². The molecule has 0 heterocycles. The molecule has 0 bridgehead atoms. The van der Waals surface area contributed by atoms with Crippen molar-refractivity contribution >= 4 is 40.7 Å². The van der Waals surface area contributed by atoms with E-state index in [0.717, 1.165) is 12.0 Å². The van der Waals surface area contributed by atoms with Gasteiger partial charge in [-0.15, -0.1) is 0 Å².